The van der Waals surface area contributed by atoms with Gasteiger partial charge >= 0.3 is 0 Å². The van der Waals surface area contributed by atoms with Crippen LogP contribution in [0.3, 0.4) is 0 Å². The quantitative estimate of drug-likeness (QED) is 0.528. The zero-order valence-electron chi connectivity index (χ0n) is 14.6. The maximum atomic E-state index is 13.1. The number of hydrogen-bond donors (Lipinski definition) is 0. The van der Waals surface area contributed by atoms with E-state index in [-0.39, 0.29) is 11.7 Å². The summed E-state index contributed by atoms with van der Waals surface area (Å²) >= 11 is 6.60. The highest BCUT2D eigenvalue weighted by Gasteiger charge is 2.33. The molecule has 0 aromatic heterocycles. The van der Waals surface area contributed by atoms with E-state index in [1.54, 1.807) is 12.1 Å². The van der Waals surface area contributed by atoms with Gasteiger partial charge in [-0.05, 0) is 61.9 Å². The van der Waals surface area contributed by atoms with Crippen LogP contribution in [-0.2, 0) is 4.79 Å². The van der Waals surface area contributed by atoms with Gasteiger partial charge in [0.15, 0.2) is 4.32 Å². The second-order valence-corrected chi connectivity index (χ2v) is 7.43. The van der Waals surface area contributed by atoms with E-state index < -0.39 is 0 Å². The van der Waals surface area contributed by atoms with E-state index in [0.29, 0.717) is 14.9 Å². The highest BCUT2D eigenvalue weighted by atomic mass is 32.2. The van der Waals surface area contributed by atoms with E-state index in [2.05, 4.69) is 30.9 Å². The minimum absolute atomic E-state index is 0.181. The summed E-state index contributed by atoms with van der Waals surface area (Å²) in [6.07, 6.45) is 1.84. The van der Waals surface area contributed by atoms with E-state index in [4.69, 9.17) is 12.2 Å². The molecule has 1 aliphatic heterocycles. The van der Waals surface area contributed by atoms with Gasteiger partial charge in [-0.25, -0.2) is 4.39 Å². The van der Waals surface area contributed by atoms with Crippen molar-refractivity contribution in [1.29, 1.82) is 0 Å². The lowest BCUT2D eigenvalue weighted by atomic mass is 10.1. The van der Waals surface area contributed by atoms with Gasteiger partial charge < -0.3 is 4.90 Å². The average Bonchev–Trinajstić information content (AvgIpc) is 2.92. The number of carbonyl (C=O) groups excluding carboxylic acids is 1. The molecule has 1 aliphatic rings. The highest BCUT2D eigenvalue weighted by molar-refractivity contribution is 8.27. The van der Waals surface area contributed by atoms with E-state index in [1.807, 2.05) is 18.2 Å². The molecule has 3 rings (SSSR count). The fourth-order valence-electron chi connectivity index (χ4n) is 2.80. The molecular formula is C20H19FN2OS2. The van der Waals surface area contributed by atoms with E-state index in [9.17, 15) is 9.18 Å². The number of nitrogens with zero attached hydrogens (tertiary/aromatic N) is 2. The van der Waals surface area contributed by atoms with Gasteiger partial charge in [-0.2, -0.15) is 0 Å². The van der Waals surface area contributed by atoms with Gasteiger partial charge in [0, 0.05) is 18.8 Å². The molecule has 0 atom stereocenters. The Labute approximate surface area is 162 Å². The third-order valence-corrected chi connectivity index (χ3v) is 5.50. The molecule has 0 saturated carbocycles. The van der Waals surface area contributed by atoms with E-state index in [0.717, 1.165) is 24.3 Å². The van der Waals surface area contributed by atoms with Crippen molar-refractivity contribution in [2.45, 2.75) is 13.8 Å². The lowest BCUT2D eigenvalue weighted by molar-refractivity contribution is -0.113. The Hall–Kier alpha value is -2.18. The van der Waals surface area contributed by atoms with Crippen molar-refractivity contribution in [1.82, 2.24) is 0 Å². The number of anilines is 2. The molecule has 26 heavy (non-hydrogen) atoms. The third-order valence-electron chi connectivity index (χ3n) is 4.20. The number of amides is 1. The minimum Gasteiger partial charge on any atom is -0.372 e. The minimum atomic E-state index is -0.344. The van der Waals surface area contributed by atoms with Gasteiger partial charge in [0.2, 0.25) is 0 Å². The van der Waals surface area contributed by atoms with Gasteiger partial charge in [-0.3, -0.25) is 9.69 Å². The number of thiocarbonyl (C=S) groups is 1. The zero-order chi connectivity index (χ0) is 18.7. The number of thioether (sulfide) groups is 1. The number of hydrogen-bond acceptors (Lipinski definition) is 4. The Bertz CT molecular complexity index is 843. The topological polar surface area (TPSA) is 23.6 Å². The van der Waals surface area contributed by atoms with Crippen molar-refractivity contribution in [2.24, 2.45) is 0 Å². The van der Waals surface area contributed by atoms with Gasteiger partial charge in [-0.15, -0.1) is 0 Å². The van der Waals surface area contributed by atoms with Crippen LogP contribution >= 0.6 is 24.0 Å². The van der Waals surface area contributed by atoms with Crippen LogP contribution in [0.1, 0.15) is 19.4 Å². The summed E-state index contributed by atoms with van der Waals surface area (Å²) < 4.78 is 13.6. The normalized spacial score (nSPS) is 15.8. The summed E-state index contributed by atoms with van der Waals surface area (Å²) in [6.45, 7) is 6.15. The van der Waals surface area contributed by atoms with Gasteiger partial charge in [0.05, 0.1) is 10.6 Å². The second kappa shape index (κ2) is 8.01. The van der Waals surface area contributed by atoms with Crippen molar-refractivity contribution < 1.29 is 9.18 Å². The first-order valence-corrected chi connectivity index (χ1v) is 9.64. The number of benzene rings is 2. The predicted octanol–water partition coefficient (Wildman–Crippen LogP) is 5.08. The first kappa shape index (κ1) is 18.6. The molecule has 3 nitrogen and oxygen atoms in total. The van der Waals surface area contributed by atoms with E-state index in [1.165, 1.54) is 28.8 Å². The fourth-order valence-corrected chi connectivity index (χ4v) is 4.10. The molecule has 2 aromatic rings. The Morgan fingerprint density at radius 1 is 1.08 bits per heavy atom. The fraction of sp³-hybridized carbons (Fsp3) is 0.200. The third kappa shape index (κ3) is 3.81. The molecular weight excluding hydrogens is 367 g/mol. The van der Waals surface area contributed by atoms with Crippen LogP contribution < -0.4 is 9.80 Å². The standard InChI is InChI=1S/C20H19FN2OS2/c1-3-22(4-2)16-9-5-14(6-10-16)13-18-19(24)23(20(25)26-18)17-11-7-15(21)8-12-17/h5-13H,3-4H2,1-2H3/b18-13+. The summed E-state index contributed by atoms with van der Waals surface area (Å²) in [4.78, 5) is 17.0. The Balaban J connectivity index is 1.82. The lowest BCUT2D eigenvalue weighted by Crippen LogP contribution is -2.27. The van der Waals surface area contributed by atoms with Crippen molar-refractivity contribution >= 4 is 51.7 Å². The molecule has 0 bridgehead atoms. The van der Waals surface area contributed by atoms with Crippen LogP contribution in [0.15, 0.2) is 53.4 Å². The Morgan fingerprint density at radius 3 is 2.27 bits per heavy atom. The molecule has 134 valence electrons. The first-order chi connectivity index (χ1) is 12.5. The SMILES string of the molecule is CCN(CC)c1ccc(/C=C2/SC(=S)N(c3ccc(F)cc3)C2=O)cc1. The molecule has 0 radical (unpaired) electrons. The van der Waals surface area contributed by atoms with Crippen molar-refractivity contribution in [3.63, 3.8) is 0 Å². The summed E-state index contributed by atoms with van der Waals surface area (Å²) in [5.41, 5.74) is 2.68. The summed E-state index contributed by atoms with van der Waals surface area (Å²) in [7, 11) is 0. The molecule has 1 saturated heterocycles. The smallest absolute Gasteiger partial charge is 0.270 e. The molecule has 6 heteroatoms. The molecule has 1 amide bonds. The molecule has 0 unspecified atom stereocenters. The maximum Gasteiger partial charge on any atom is 0.270 e. The maximum absolute atomic E-state index is 13.1. The van der Waals surface area contributed by atoms with Crippen molar-refractivity contribution in [3.05, 3.63) is 64.8 Å². The van der Waals surface area contributed by atoms with Gasteiger partial charge in [0.1, 0.15) is 5.82 Å². The highest BCUT2D eigenvalue weighted by Crippen LogP contribution is 2.36. The van der Waals surface area contributed by atoms with Crippen molar-refractivity contribution in [3.8, 4) is 0 Å². The van der Waals surface area contributed by atoms with Crippen LogP contribution in [0, 0.1) is 5.82 Å². The van der Waals surface area contributed by atoms with Crippen molar-refractivity contribution in [2.75, 3.05) is 22.9 Å². The molecule has 1 heterocycles. The van der Waals surface area contributed by atoms with Crippen LogP contribution in [0.4, 0.5) is 15.8 Å². The van der Waals surface area contributed by atoms with Crippen LogP contribution in [-0.4, -0.2) is 23.3 Å². The predicted molar refractivity (Wildman–Crippen MR) is 112 cm³/mol. The number of halogens is 1. The van der Waals surface area contributed by atoms with Gasteiger partial charge in [0.25, 0.3) is 5.91 Å². The van der Waals surface area contributed by atoms with Crippen LogP contribution in [0.25, 0.3) is 6.08 Å². The van der Waals surface area contributed by atoms with Crippen LogP contribution in [0.2, 0.25) is 0 Å². The molecule has 2 aromatic carbocycles. The lowest BCUT2D eigenvalue weighted by Gasteiger charge is -2.20. The first-order valence-electron chi connectivity index (χ1n) is 8.42. The summed E-state index contributed by atoms with van der Waals surface area (Å²) in [5.74, 6) is -0.526. The monoisotopic (exact) mass is 386 g/mol. The number of rotatable bonds is 5. The average molecular weight is 387 g/mol. The largest absolute Gasteiger partial charge is 0.372 e. The molecule has 0 spiro atoms. The molecule has 0 N–H and O–H groups in total. The Kier molecular flexibility index (Phi) is 5.74. The van der Waals surface area contributed by atoms with Crippen LogP contribution in [0.5, 0.6) is 0 Å². The Morgan fingerprint density at radius 2 is 1.69 bits per heavy atom. The molecule has 0 aliphatic carbocycles. The zero-order valence-corrected chi connectivity index (χ0v) is 16.2. The summed E-state index contributed by atoms with van der Waals surface area (Å²) in [5, 5.41) is 0. The molecule has 1 fully saturated rings. The van der Waals surface area contributed by atoms with E-state index >= 15 is 0 Å². The second-order valence-electron chi connectivity index (χ2n) is 5.76. The summed E-state index contributed by atoms with van der Waals surface area (Å²) in [6, 6.07) is 13.9. The number of carbonyl (C=O) groups is 1. The van der Waals surface area contributed by atoms with Gasteiger partial charge in [-0.1, -0.05) is 36.1 Å².